The zero-order chi connectivity index (χ0) is 18.3. The Bertz CT molecular complexity index is 981. The molecule has 2 heterocycles. The Morgan fingerprint density at radius 2 is 1.88 bits per heavy atom. The number of aromatic nitrogens is 2. The van der Waals surface area contributed by atoms with Gasteiger partial charge in [-0.1, -0.05) is 35.9 Å². The SMILES string of the molecule is Cc1ccccc1[C@H]1SCC(=O)Nc2c1c(C)nn2-c1ccc(Cl)cc1. The van der Waals surface area contributed by atoms with Gasteiger partial charge in [-0.15, -0.1) is 11.8 Å². The minimum atomic E-state index is -0.0116. The van der Waals surface area contributed by atoms with Crippen LogP contribution >= 0.6 is 23.4 Å². The molecule has 6 heteroatoms. The highest BCUT2D eigenvalue weighted by molar-refractivity contribution is 8.00. The molecule has 1 aromatic heterocycles. The fourth-order valence-corrected chi connectivity index (χ4v) is 4.69. The summed E-state index contributed by atoms with van der Waals surface area (Å²) in [5.41, 5.74) is 5.27. The molecule has 1 N–H and O–H groups in total. The first-order chi connectivity index (χ1) is 12.5. The average Bonchev–Trinajstić information content (AvgIpc) is 2.83. The average molecular weight is 384 g/mol. The largest absolute Gasteiger partial charge is 0.310 e. The van der Waals surface area contributed by atoms with Gasteiger partial charge in [-0.25, -0.2) is 4.68 Å². The van der Waals surface area contributed by atoms with E-state index in [1.54, 1.807) is 16.4 Å². The van der Waals surface area contributed by atoms with E-state index in [4.69, 9.17) is 16.7 Å². The van der Waals surface area contributed by atoms with Gasteiger partial charge in [0.1, 0.15) is 5.82 Å². The normalized spacial score (nSPS) is 16.7. The number of carbonyl (C=O) groups excluding carboxylic acids is 1. The van der Waals surface area contributed by atoms with Crippen LogP contribution in [0.25, 0.3) is 5.69 Å². The summed E-state index contributed by atoms with van der Waals surface area (Å²) in [5, 5.41) is 8.50. The highest BCUT2D eigenvalue weighted by Crippen LogP contribution is 2.44. The van der Waals surface area contributed by atoms with Crippen molar-refractivity contribution in [1.82, 2.24) is 9.78 Å². The van der Waals surface area contributed by atoms with Gasteiger partial charge in [0, 0.05) is 10.6 Å². The van der Waals surface area contributed by atoms with E-state index in [2.05, 4.69) is 24.4 Å². The van der Waals surface area contributed by atoms with Crippen molar-refractivity contribution in [1.29, 1.82) is 0 Å². The van der Waals surface area contributed by atoms with Crippen LogP contribution in [0.1, 0.15) is 27.6 Å². The monoisotopic (exact) mass is 383 g/mol. The lowest BCUT2D eigenvalue weighted by atomic mass is 10.00. The molecule has 1 aliphatic rings. The lowest BCUT2D eigenvalue weighted by molar-refractivity contribution is -0.113. The topological polar surface area (TPSA) is 46.9 Å². The van der Waals surface area contributed by atoms with E-state index in [0.717, 1.165) is 22.8 Å². The molecule has 1 atom stereocenters. The molecule has 0 aliphatic carbocycles. The highest BCUT2D eigenvalue weighted by atomic mass is 35.5. The van der Waals surface area contributed by atoms with Gasteiger partial charge < -0.3 is 5.32 Å². The first-order valence-electron chi connectivity index (χ1n) is 8.37. The second-order valence-electron chi connectivity index (χ2n) is 6.33. The standard InChI is InChI=1S/C20H18ClN3OS/c1-12-5-3-4-6-16(12)19-18-13(2)23-24(15-9-7-14(21)8-10-15)20(18)22-17(25)11-26-19/h3-10,19H,11H2,1-2H3,(H,22,25)/t19-/m1/s1. The highest BCUT2D eigenvalue weighted by Gasteiger charge is 2.31. The molecule has 0 radical (unpaired) electrons. The van der Waals surface area contributed by atoms with E-state index in [-0.39, 0.29) is 11.2 Å². The molecular weight excluding hydrogens is 366 g/mol. The smallest absolute Gasteiger partial charge is 0.235 e. The molecule has 132 valence electrons. The number of aryl methyl sites for hydroxylation is 2. The Morgan fingerprint density at radius 1 is 1.15 bits per heavy atom. The van der Waals surface area contributed by atoms with Crippen molar-refractivity contribution in [2.24, 2.45) is 0 Å². The zero-order valence-corrected chi connectivity index (χ0v) is 16.1. The number of hydrogen-bond donors (Lipinski definition) is 1. The van der Waals surface area contributed by atoms with Crippen LogP contribution in [-0.2, 0) is 4.79 Å². The van der Waals surface area contributed by atoms with E-state index in [9.17, 15) is 4.79 Å². The van der Waals surface area contributed by atoms with Gasteiger partial charge in [0.2, 0.25) is 5.91 Å². The molecule has 1 amide bonds. The van der Waals surface area contributed by atoms with Crippen LogP contribution in [0.15, 0.2) is 48.5 Å². The van der Waals surface area contributed by atoms with E-state index >= 15 is 0 Å². The fourth-order valence-electron chi connectivity index (χ4n) is 3.28. The third-order valence-electron chi connectivity index (χ3n) is 4.55. The number of nitrogens with zero attached hydrogens (tertiary/aromatic N) is 2. The number of halogens is 1. The Morgan fingerprint density at radius 3 is 2.62 bits per heavy atom. The Balaban J connectivity index is 1.91. The van der Waals surface area contributed by atoms with Gasteiger partial charge in [-0.05, 0) is 49.2 Å². The minimum Gasteiger partial charge on any atom is -0.310 e. The zero-order valence-electron chi connectivity index (χ0n) is 14.5. The van der Waals surface area contributed by atoms with Crippen molar-refractivity contribution >= 4 is 35.1 Å². The number of hydrogen-bond acceptors (Lipinski definition) is 3. The number of benzene rings is 2. The number of thioether (sulfide) groups is 1. The van der Waals surface area contributed by atoms with Crippen LogP contribution in [0.3, 0.4) is 0 Å². The number of rotatable bonds is 2. The molecule has 26 heavy (non-hydrogen) atoms. The summed E-state index contributed by atoms with van der Waals surface area (Å²) in [7, 11) is 0. The van der Waals surface area contributed by atoms with E-state index in [1.807, 2.05) is 43.3 Å². The summed E-state index contributed by atoms with van der Waals surface area (Å²) in [6, 6.07) is 15.8. The van der Waals surface area contributed by atoms with Gasteiger partial charge in [0.15, 0.2) is 0 Å². The Labute approximate surface area is 161 Å². The van der Waals surface area contributed by atoms with Crippen molar-refractivity contribution in [3.05, 3.63) is 75.9 Å². The summed E-state index contributed by atoms with van der Waals surface area (Å²) in [6.45, 7) is 4.10. The number of carbonyl (C=O) groups is 1. The summed E-state index contributed by atoms with van der Waals surface area (Å²) in [5.74, 6) is 1.14. The molecule has 0 saturated heterocycles. The lowest BCUT2D eigenvalue weighted by Crippen LogP contribution is -2.15. The molecule has 0 unspecified atom stereocenters. The van der Waals surface area contributed by atoms with Crippen LogP contribution in [0.4, 0.5) is 5.82 Å². The van der Waals surface area contributed by atoms with Gasteiger partial charge >= 0.3 is 0 Å². The summed E-state index contributed by atoms with van der Waals surface area (Å²) in [6.07, 6.45) is 0. The maximum atomic E-state index is 12.4. The predicted octanol–water partition coefficient (Wildman–Crippen LogP) is 4.92. The van der Waals surface area contributed by atoms with Gasteiger partial charge in [-0.2, -0.15) is 5.10 Å². The Kier molecular flexibility index (Phi) is 4.51. The first kappa shape index (κ1) is 17.2. The second kappa shape index (κ2) is 6.82. The lowest BCUT2D eigenvalue weighted by Gasteiger charge is -2.17. The van der Waals surface area contributed by atoms with Crippen molar-refractivity contribution in [2.45, 2.75) is 19.1 Å². The predicted molar refractivity (Wildman–Crippen MR) is 107 cm³/mol. The molecule has 4 rings (SSSR count). The van der Waals surface area contributed by atoms with E-state index < -0.39 is 0 Å². The van der Waals surface area contributed by atoms with Crippen LogP contribution in [0.2, 0.25) is 5.02 Å². The van der Waals surface area contributed by atoms with Gasteiger partial charge in [0.25, 0.3) is 0 Å². The quantitative estimate of drug-likeness (QED) is 0.683. The maximum absolute atomic E-state index is 12.4. The van der Waals surface area contributed by atoms with Crippen LogP contribution in [0.5, 0.6) is 0 Å². The fraction of sp³-hybridized carbons (Fsp3) is 0.200. The summed E-state index contributed by atoms with van der Waals surface area (Å²) < 4.78 is 1.80. The Hall–Kier alpha value is -2.24. The van der Waals surface area contributed by atoms with Crippen molar-refractivity contribution in [3.63, 3.8) is 0 Å². The second-order valence-corrected chi connectivity index (χ2v) is 7.86. The molecule has 0 fully saturated rings. The maximum Gasteiger partial charge on any atom is 0.235 e. The van der Waals surface area contributed by atoms with Crippen LogP contribution in [-0.4, -0.2) is 21.4 Å². The first-order valence-corrected chi connectivity index (χ1v) is 9.79. The van der Waals surface area contributed by atoms with Gasteiger partial charge in [0.05, 0.1) is 22.4 Å². The van der Waals surface area contributed by atoms with E-state index in [1.165, 1.54) is 11.1 Å². The third-order valence-corrected chi connectivity index (χ3v) is 6.05. The molecule has 0 saturated carbocycles. The summed E-state index contributed by atoms with van der Waals surface area (Å²) in [4.78, 5) is 12.4. The van der Waals surface area contributed by atoms with Crippen LogP contribution in [0, 0.1) is 13.8 Å². The molecule has 1 aliphatic heterocycles. The summed E-state index contributed by atoms with van der Waals surface area (Å²) >= 11 is 7.66. The number of nitrogens with one attached hydrogen (secondary N) is 1. The molecule has 4 nitrogen and oxygen atoms in total. The molecule has 0 spiro atoms. The molecular formula is C20H18ClN3OS. The number of anilines is 1. The van der Waals surface area contributed by atoms with Crippen molar-refractivity contribution in [2.75, 3.05) is 11.1 Å². The number of amides is 1. The van der Waals surface area contributed by atoms with Gasteiger partial charge in [-0.3, -0.25) is 4.79 Å². The van der Waals surface area contributed by atoms with Crippen molar-refractivity contribution in [3.8, 4) is 5.69 Å². The molecule has 0 bridgehead atoms. The minimum absolute atomic E-state index is 0.0116. The third kappa shape index (κ3) is 3.02. The number of fused-ring (bicyclic) bond motifs is 1. The molecule has 3 aromatic rings. The molecule has 2 aromatic carbocycles. The van der Waals surface area contributed by atoms with E-state index in [0.29, 0.717) is 10.8 Å². The van der Waals surface area contributed by atoms with Crippen LogP contribution < -0.4 is 5.32 Å². The van der Waals surface area contributed by atoms with Crippen molar-refractivity contribution < 1.29 is 4.79 Å².